The van der Waals surface area contributed by atoms with Gasteiger partial charge in [0.1, 0.15) is 0 Å². The van der Waals surface area contributed by atoms with Crippen LogP contribution in [0, 0.1) is 5.92 Å². The third-order valence-corrected chi connectivity index (χ3v) is 1.53. The van der Waals surface area contributed by atoms with Gasteiger partial charge in [0.05, 0.1) is 0 Å². The maximum atomic E-state index is 11.4. The Balaban J connectivity index is 4.42. The molecule has 2 N–H and O–H groups in total. The molecule has 0 aromatic carbocycles. The molecule has 5 nitrogen and oxygen atoms in total. The number of carbonyl (C=O) groups excluding carboxylic acids is 2. The molecule has 0 fully saturated rings. The summed E-state index contributed by atoms with van der Waals surface area (Å²) in [5.74, 6) is -0.337. The van der Waals surface area contributed by atoms with E-state index in [9.17, 15) is 9.59 Å². The molecule has 0 heterocycles. The Bertz CT molecular complexity index is 202. The zero-order valence-corrected chi connectivity index (χ0v) is 8.40. The van der Waals surface area contributed by atoms with Gasteiger partial charge < -0.3 is 15.4 Å². The second-order valence-electron chi connectivity index (χ2n) is 3.33. The van der Waals surface area contributed by atoms with Crippen LogP contribution in [-0.2, 0) is 9.53 Å². The maximum absolute atomic E-state index is 11.4. The first-order valence-electron chi connectivity index (χ1n) is 4.03. The maximum Gasteiger partial charge on any atom is 0.405 e. The molecule has 0 saturated carbocycles. The van der Waals surface area contributed by atoms with Crippen molar-refractivity contribution in [2.75, 3.05) is 14.1 Å². The summed E-state index contributed by atoms with van der Waals surface area (Å²) >= 11 is 0. The molecule has 76 valence electrons. The molecule has 0 aromatic rings. The summed E-state index contributed by atoms with van der Waals surface area (Å²) in [6, 6.07) is 0. The molecule has 0 radical (unpaired) electrons. The van der Waals surface area contributed by atoms with Crippen LogP contribution in [0.3, 0.4) is 0 Å². The normalized spacial score (nSPS) is 12.4. The number of nitrogens with zero attached hydrogens (tertiary/aromatic N) is 1. The molecule has 0 bridgehead atoms. The molecule has 0 aliphatic rings. The number of hydrogen-bond donors (Lipinski definition) is 1. The summed E-state index contributed by atoms with van der Waals surface area (Å²) in [5.41, 5.74) is 4.84. The molecule has 0 aliphatic heterocycles. The van der Waals surface area contributed by atoms with E-state index in [-0.39, 0.29) is 11.8 Å². The van der Waals surface area contributed by atoms with Gasteiger partial charge in [-0.15, -0.1) is 0 Å². The lowest BCUT2D eigenvalue weighted by molar-refractivity contribution is -0.139. The lowest BCUT2D eigenvalue weighted by Gasteiger charge is -2.22. The first-order chi connectivity index (χ1) is 5.86. The Hall–Kier alpha value is -1.26. The molecule has 0 saturated heterocycles. The Morgan fingerprint density at radius 1 is 1.31 bits per heavy atom. The van der Waals surface area contributed by atoms with Crippen LogP contribution in [0.5, 0.6) is 0 Å². The van der Waals surface area contributed by atoms with E-state index in [0.717, 1.165) is 0 Å². The number of nitrogens with two attached hydrogens (primary N) is 1. The predicted molar refractivity (Wildman–Crippen MR) is 48.0 cm³/mol. The Morgan fingerprint density at radius 2 is 1.77 bits per heavy atom. The molecule has 0 spiro atoms. The highest BCUT2D eigenvalue weighted by Gasteiger charge is 2.26. The van der Waals surface area contributed by atoms with Gasteiger partial charge in [0.25, 0.3) is 5.91 Å². The highest BCUT2D eigenvalue weighted by molar-refractivity contribution is 5.83. The first kappa shape index (κ1) is 11.7. The Morgan fingerprint density at radius 3 is 2.00 bits per heavy atom. The molecule has 0 aromatic heterocycles. The minimum Gasteiger partial charge on any atom is -0.436 e. The second kappa shape index (κ2) is 4.69. The van der Waals surface area contributed by atoms with E-state index >= 15 is 0 Å². The Kier molecular flexibility index (Phi) is 4.23. The van der Waals surface area contributed by atoms with Gasteiger partial charge >= 0.3 is 6.09 Å². The van der Waals surface area contributed by atoms with E-state index in [4.69, 9.17) is 5.73 Å². The lowest BCUT2D eigenvalue weighted by atomic mass is 10.1. The number of likely N-dealkylation sites (N-methyl/N-ethyl adjacent to an activating group) is 1. The summed E-state index contributed by atoms with van der Waals surface area (Å²) in [5, 5.41) is 0. The summed E-state index contributed by atoms with van der Waals surface area (Å²) < 4.78 is 4.68. The van der Waals surface area contributed by atoms with Crippen LogP contribution in [0.1, 0.15) is 13.8 Å². The van der Waals surface area contributed by atoms with E-state index in [1.54, 1.807) is 27.9 Å². The van der Waals surface area contributed by atoms with Gasteiger partial charge in [0.15, 0.2) is 6.10 Å². The minimum absolute atomic E-state index is 0.0811. The second-order valence-corrected chi connectivity index (χ2v) is 3.33. The molecule has 5 heteroatoms. The number of amides is 2. The van der Waals surface area contributed by atoms with E-state index in [1.165, 1.54) is 4.90 Å². The van der Waals surface area contributed by atoms with Gasteiger partial charge in [-0.05, 0) is 5.92 Å². The fraction of sp³-hybridized carbons (Fsp3) is 0.750. The highest BCUT2D eigenvalue weighted by atomic mass is 16.6. The van der Waals surface area contributed by atoms with Gasteiger partial charge in [-0.3, -0.25) is 4.79 Å². The molecule has 0 aliphatic carbocycles. The number of carbonyl (C=O) groups is 2. The van der Waals surface area contributed by atoms with Gasteiger partial charge in [0.2, 0.25) is 0 Å². The summed E-state index contributed by atoms with van der Waals surface area (Å²) in [6.07, 6.45) is -1.71. The summed E-state index contributed by atoms with van der Waals surface area (Å²) in [4.78, 5) is 23.3. The van der Waals surface area contributed by atoms with Crippen molar-refractivity contribution in [3.8, 4) is 0 Å². The number of ether oxygens (including phenoxy) is 1. The molecule has 13 heavy (non-hydrogen) atoms. The van der Waals surface area contributed by atoms with Crippen molar-refractivity contribution in [2.45, 2.75) is 20.0 Å². The van der Waals surface area contributed by atoms with E-state index in [1.807, 2.05) is 0 Å². The molecule has 2 amide bonds. The monoisotopic (exact) mass is 188 g/mol. The van der Waals surface area contributed by atoms with Gasteiger partial charge in [-0.2, -0.15) is 0 Å². The van der Waals surface area contributed by atoms with Gasteiger partial charge in [-0.1, -0.05) is 13.8 Å². The largest absolute Gasteiger partial charge is 0.436 e. The van der Waals surface area contributed by atoms with E-state index in [0.29, 0.717) is 0 Å². The van der Waals surface area contributed by atoms with Crippen LogP contribution in [-0.4, -0.2) is 37.1 Å². The average Bonchev–Trinajstić information content (AvgIpc) is 1.97. The van der Waals surface area contributed by atoms with Crippen molar-refractivity contribution in [2.24, 2.45) is 11.7 Å². The lowest BCUT2D eigenvalue weighted by Crippen LogP contribution is -2.41. The standard InChI is InChI=1S/C8H16N2O3/c1-5(2)6(13-8(9)12)7(11)10(3)4/h5-6H,1-4H3,(H2,9,12)/t6-/m0/s1. The third-order valence-electron chi connectivity index (χ3n) is 1.53. The van der Waals surface area contributed by atoms with Crippen LogP contribution in [0.15, 0.2) is 0 Å². The van der Waals surface area contributed by atoms with Crippen molar-refractivity contribution < 1.29 is 14.3 Å². The third kappa shape index (κ3) is 3.78. The van der Waals surface area contributed by atoms with Crippen molar-refractivity contribution in [3.63, 3.8) is 0 Å². The predicted octanol–water partition coefficient (Wildman–Crippen LogP) is 0.194. The molecular formula is C8H16N2O3. The number of hydrogen-bond acceptors (Lipinski definition) is 3. The van der Waals surface area contributed by atoms with Crippen molar-refractivity contribution in [3.05, 3.63) is 0 Å². The first-order valence-corrected chi connectivity index (χ1v) is 4.03. The number of primary amides is 1. The Labute approximate surface area is 77.8 Å². The van der Waals surface area contributed by atoms with Crippen LogP contribution in [0.4, 0.5) is 4.79 Å². The van der Waals surface area contributed by atoms with Crippen LogP contribution < -0.4 is 5.73 Å². The zero-order valence-electron chi connectivity index (χ0n) is 8.40. The topological polar surface area (TPSA) is 72.6 Å². The summed E-state index contributed by atoms with van der Waals surface area (Å²) in [6.45, 7) is 3.57. The highest BCUT2D eigenvalue weighted by Crippen LogP contribution is 2.08. The van der Waals surface area contributed by atoms with Crippen LogP contribution in [0.2, 0.25) is 0 Å². The van der Waals surface area contributed by atoms with E-state index in [2.05, 4.69) is 4.74 Å². The van der Waals surface area contributed by atoms with Crippen molar-refractivity contribution in [1.29, 1.82) is 0 Å². The van der Waals surface area contributed by atoms with Gasteiger partial charge in [-0.25, -0.2) is 4.79 Å². The fourth-order valence-corrected chi connectivity index (χ4v) is 0.851. The molecule has 0 unspecified atom stereocenters. The number of rotatable bonds is 3. The van der Waals surface area contributed by atoms with Crippen molar-refractivity contribution in [1.82, 2.24) is 4.90 Å². The van der Waals surface area contributed by atoms with Gasteiger partial charge in [0, 0.05) is 14.1 Å². The SMILES string of the molecule is CC(C)[C@H](OC(N)=O)C(=O)N(C)C. The van der Waals surface area contributed by atoms with E-state index < -0.39 is 12.2 Å². The average molecular weight is 188 g/mol. The smallest absolute Gasteiger partial charge is 0.405 e. The zero-order chi connectivity index (χ0) is 10.6. The summed E-state index contributed by atoms with van der Waals surface area (Å²) in [7, 11) is 3.20. The molecule has 0 rings (SSSR count). The van der Waals surface area contributed by atoms with Crippen LogP contribution in [0.25, 0.3) is 0 Å². The van der Waals surface area contributed by atoms with Crippen LogP contribution >= 0.6 is 0 Å². The quantitative estimate of drug-likeness (QED) is 0.687. The minimum atomic E-state index is -0.922. The molecule has 1 atom stereocenters. The molecular weight excluding hydrogens is 172 g/mol. The van der Waals surface area contributed by atoms with Crippen molar-refractivity contribution >= 4 is 12.0 Å². The fourth-order valence-electron chi connectivity index (χ4n) is 0.851.